The van der Waals surface area contributed by atoms with Crippen molar-refractivity contribution in [2.24, 2.45) is 5.92 Å². The molecule has 0 radical (unpaired) electrons. The topological polar surface area (TPSA) is 115 Å². The number of benzene rings is 1. The SMILES string of the molecule is CCOC(=O)c1cnc(N2CCn3c(cc4cc(CO)c(S(C)(=O)=O)cc43)[C@H]2C(C)C)nc1C(F)(F)F. The smallest absolute Gasteiger partial charge is 0.434 e. The quantitative estimate of drug-likeness (QED) is 0.471. The average molecular weight is 541 g/mol. The summed E-state index contributed by atoms with van der Waals surface area (Å²) in [4.78, 5) is 21.7. The van der Waals surface area contributed by atoms with Crippen molar-refractivity contribution in [3.8, 4) is 0 Å². The zero-order valence-electron chi connectivity index (χ0n) is 20.7. The third-order valence-electron chi connectivity index (χ3n) is 6.32. The van der Waals surface area contributed by atoms with Gasteiger partial charge in [-0.2, -0.15) is 13.2 Å². The number of aliphatic hydroxyl groups is 1. The van der Waals surface area contributed by atoms with E-state index in [0.717, 1.165) is 18.1 Å². The van der Waals surface area contributed by atoms with Crippen LogP contribution in [0, 0.1) is 5.92 Å². The van der Waals surface area contributed by atoms with Gasteiger partial charge in [0.1, 0.15) is 5.56 Å². The van der Waals surface area contributed by atoms with Crippen LogP contribution >= 0.6 is 0 Å². The summed E-state index contributed by atoms with van der Waals surface area (Å²) < 4.78 is 72.8. The lowest BCUT2D eigenvalue weighted by Crippen LogP contribution is -2.41. The first-order valence-electron chi connectivity index (χ1n) is 11.6. The molecule has 0 saturated heterocycles. The van der Waals surface area contributed by atoms with Crippen LogP contribution in [0.3, 0.4) is 0 Å². The summed E-state index contributed by atoms with van der Waals surface area (Å²) in [6.07, 6.45) is -2.99. The largest absolute Gasteiger partial charge is 0.462 e. The number of hydrogen-bond acceptors (Lipinski definition) is 8. The van der Waals surface area contributed by atoms with Gasteiger partial charge in [-0.1, -0.05) is 13.8 Å². The Kier molecular flexibility index (Phi) is 6.97. The van der Waals surface area contributed by atoms with Crippen molar-refractivity contribution >= 4 is 32.7 Å². The van der Waals surface area contributed by atoms with Gasteiger partial charge in [0.2, 0.25) is 5.95 Å². The Morgan fingerprint density at radius 1 is 1.24 bits per heavy atom. The number of alkyl halides is 3. The third-order valence-corrected chi connectivity index (χ3v) is 7.50. The van der Waals surface area contributed by atoms with Gasteiger partial charge in [-0.25, -0.2) is 23.2 Å². The molecule has 37 heavy (non-hydrogen) atoms. The van der Waals surface area contributed by atoms with Crippen LogP contribution in [-0.4, -0.2) is 53.4 Å². The molecule has 0 fully saturated rings. The molecule has 3 aromatic rings. The molecule has 1 aliphatic heterocycles. The summed E-state index contributed by atoms with van der Waals surface area (Å²) in [5.41, 5.74) is -0.460. The van der Waals surface area contributed by atoms with Crippen molar-refractivity contribution in [1.29, 1.82) is 0 Å². The number of esters is 1. The minimum absolute atomic E-state index is 0.0274. The van der Waals surface area contributed by atoms with Gasteiger partial charge >= 0.3 is 12.1 Å². The highest BCUT2D eigenvalue weighted by Gasteiger charge is 2.40. The van der Waals surface area contributed by atoms with Crippen molar-refractivity contribution in [3.63, 3.8) is 0 Å². The number of ether oxygens (including phenoxy) is 1. The third kappa shape index (κ3) is 4.89. The summed E-state index contributed by atoms with van der Waals surface area (Å²) in [6.45, 7) is 5.32. The van der Waals surface area contributed by atoms with Gasteiger partial charge in [-0.05, 0) is 36.6 Å². The number of fused-ring (bicyclic) bond motifs is 3. The molecule has 0 saturated carbocycles. The zero-order valence-corrected chi connectivity index (χ0v) is 21.5. The number of nitrogens with zero attached hydrogens (tertiary/aromatic N) is 4. The first-order valence-corrected chi connectivity index (χ1v) is 13.5. The number of carbonyl (C=O) groups is 1. The highest BCUT2D eigenvalue weighted by molar-refractivity contribution is 7.90. The van der Waals surface area contributed by atoms with Crippen molar-refractivity contribution < 1.29 is 36.2 Å². The van der Waals surface area contributed by atoms with Crippen molar-refractivity contribution in [2.45, 2.75) is 51.0 Å². The maximum Gasteiger partial charge on any atom is 0.434 e. The monoisotopic (exact) mass is 540 g/mol. The molecule has 3 heterocycles. The van der Waals surface area contributed by atoms with Gasteiger partial charge in [0.25, 0.3) is 0 Å². The summed E-state index contributed by atoms with van der Waals surface area (Å²) in [5.74, 6) is -1.43. The van der Waals surface area contributed by atoms with Gasteiger partial charge in [0, 0.05) is 42.1 Å². The van der Waals surface area contributed by atoms with E-state index < -0.39 is 45.9 Å². The van der Waals surface area contributed by atoms with Crippen LogP contribution in [0.4, 0.5) is 19.1 Å². The molecule has 13 heteroatoms. The van der Waals surface area contributed by atoms with E-state index in [2.05, 4.69) is 9.97 Å². The van der Waals surface area contributed by atoms with E-state index >= 15 is 0 Å². The van der Waals surface area contributed by atoms with Crippen LogP contribution in [0.5, 0.6) is 0 Å². The van der Waals surface area contributed by atoms with Crippen LogP contribution in [0.2, 0.25) is 0 Å². The minimum atomic E-state index is -4.90. The number of anilines is 1. The average Bonchev–Trinajstić information content (AvgIpc) is 3.18. The maximum absolute atomic E-state index is 13.8. The molecule has 1 N–H and O–H groups in total. The second-order valence-electron chi connectivity index (χ2n) is 9.20. The predicted molar refractivity (Wildman–Crippen MR) is 129 cm³/mol. The molecule has 200 valence electrons. The molecule has 0 aliphatic carbocycles. The Morgan fingerprint density at radius 3 is 2.51 bits per heavy atom. The molecule has 1 aliphatic rings. The fraction of sp³-hybridized carbons (Fsp3) is 0.458. The fourth-order valence-corrected chi connectivity index (χ4v) is 5.76. The second-order valence-corrected chi connectivity index (χ2v) is 11.2. The molecule has 1 aromatic carbocycles. The standard InChI is InChI=1S/C24H27F3N4O5S/c1-5-36-22(33)16-11-28-23(29-21(16)24(25,26)27)31-7-6-30-17-10-19(37(4,34)35)15(12-32)8-14(17)9-18(30)20(31)13(2)3/h8-11,13,20,32H,5-7,12H2,1-4H3/t20-/m1/s1. The highest BCUT2D eigenvalue weighted by Crippen LogP contribution is 2.40. The van der Waals surface area contributed by atoms with Gasteiger partial charge in [0.05, 0.1) is 24.2 Å². The van der Waals surface area contributed by atoms with Crippen LogP contribution < -0.4 is 4.90 Å². The number of aliphatic hydroxyl groups excluding tert-OH is 1. The van der Waals surface area contributed by atoms with Gasteiger partial charge in [-0.3, -0.25) is 0 Å². The van der Waals surface area contributed by atoms with Crippen LogP contribution in [0.15, 0.2) is 29.3 Å². The Hall–Kier alpha value is -3.19. The van der Waals surface area contributed by atoms with E-state index in [1.165, 1.54) is 13.0 Å². The Morgan fingerprint density at radius 2 is 1.95 bits per heavy atom. The Bertz CT molecular complexity index is 1470. The van der Waals surface area contributed by atoms with E-state index in [1.54, 1.807) is 11.0 Å². The lowest BCUT2D eigenvalue weighted by atomic mass is 9.97. The molecular formula is C24H27F3N4O5S. The first-order chi connectivity index (χ1) is 17.3. The maximum atomic E-state index is 13.8. The minimum Gasteiger partial charge on any atom is -0.462 e. The van der Waals surface area contributed by atoms with E-state index in [4.69, 9.17) is 4.74 Å². The summed E-state index contributed by atoms with van der Waals surface area (Å²) in [5, 5.41) is 10.4. The molecule has 9 nitrogen and oxygen atoms in total. The van der Waals surface area contributed by atoms with E-state index in [0.29, 0.717) is 17.4 Å². The second kappa shape index (κ2) is 9.60. The molecule has 0 spiro atoms. The Labute approximate surface area is 211 Å². The number of carbonyl (C=O) groups excluding carboxylic acids is 1. The molecule has 2 aromatic heterocycles. The van der Waals surface area contributed by atoms with Crippen molar-refractivity contribution in [2.75, 3.05) is 24.3 Å². The zero-order chi connectivity index (χ0) is 27.3. The molecule has 0 unspecified atom stereocenters. The van der Waals surface area contributed by atoms with Gasteiger partial charge in [0.15, 0.2) is 15.5 Å². The van der Waals surface area contributed by atoms with Crippen LogP contribution in [-0.2, 0) is 33.9 Å². The fourth-order valence-electron chi connectivity index (χ4n) is 4.84. The van der Waals surface area contributed by atoms with E-state index in [1.807, 2.05) is 24.5 Å². The summed E-state index contributed by atoms with van der Waals surface area (Å²) in [7, 11) is -3.61. The number of halogens is 3. The van der Waals surface area contributed by atoms with Crippen LogP contribution in [0.1, 0.15) is 54.1 Å². The Balaban J connectivity index is 1.86. The van der Waals surface area contributed by atoms with E-state index in [-0.39, 0.29) is 35.5 Å². The molecule has 1 atom stereocenters. The number of sulfone groups is 1. The van der Waals surface area contributed by atoms with Gasteiger partial charge < -0.3 is 19.3 Å². The predicted octanol–water partition coefficient (Wildman–Crippen LogP) is 3.74. The number of rotatable bonds is 6. The normalized spacial score (nSPS) is 16.4. The highest BCUT2D eigenvalue weighted by atomic mass is 32.2. The summed E-state index contributed by atoms with van der Waals surface area (Å²) >= 11 is 0. The number of hydrogen-bond donors (Lipinski definition) is 1. The molecule has 0 amide bonds. The first kappa shape index (κ1) is 26.9. The van der Waals surface area contributed by atoms with Gasteiger partial charge in [-0.15, -0.1) is 0 Å². The number of aromatic nitrogens is 3. The van der Waals surface area contributed by atoms with Crippen LogP contribution in [0.25, 0.3) is 10.9 Å². The van der Waals surface area contributed by atoms with Crippen molar-refractivity contribution in [3.05, 3.63) is 46.9 Å². The molecular weight excluding hydrogens is 513 g/mol. The van der Waals surface area contributed by atoms with Crippen molar-refractivity contribution in [1.82, 2.24) is 14.5 Å². The molecule has 0 bridgehead atoms. The van der Waals surface area contributed by atoms with E-state index in [9.17, 15) is 31.5 Å². The molecule has 4 rings (SSSR count). The lowest BCUT2D eigenvalue weighted by molar-refractivity contribution is -0.141. The summed E-state index contributed by atoms with van der Waals surface area (Å²) in [6, 6.07) is 4.54. The lowest BCUT2D eigenvalue weighted by Gasteiger charge is -2.39.